The van der Waals surface area contributed by atoms with Crippen LogP contribution in [0.2, 0.25) is 5.02 Å². The second-order valence-corrected chi connectivity index (χ2v) is 9.20. The lowest BCUT2D eigenvalue weighted by atomic mass is 10.2. The fraction of sp³-hybridized carbons (Fsp3) is 0.100. The summed E-state index contributed by atoms with van der Waals surface area (Å²) in [6, 6.07) is 19.8. The first-order chi connectivity index (χ1) is 20.8. The molecule has 0 spiro atoms. The van der Waals surface area contributed by atoms with Gasteiger partial charge in [0.2, 0.25) is 17.7 Å². The first kappa shape index (κ1) is 30.5. The summed E-state index contributed by atoms with van der Waals surface area (Å²) in [6.07, 6.45) is 3.12. The van der Waals surface area contributed by atoms with Crippen molar-refractivity contribution in [1.82, 2.24) is 20.8 Å². The van der Waals surface area contributed by atoms with Crippen LogP contribution >= 0.6 is 11.6 Å². The number of amides is 3. The molecule has 0 bridgehead atoms. The SMILES string of the molecule is C=CC(=O)Nc1cccc(Oc2nc(Nc3ccc(C(=O)NCCCOc4ccc(C(=O)NO)cc4)cc3)ncc2Cl)c1. The van der Waals surface area contributed by atoms with Gasteiger partial charge in [0.05, 0.1) is 12.8 Å². The number of hydroxylamine groups is 1. The molecule has 43 heavy (non-hydrogen) atoms. The van der Waals surface area contributed by atoms with E-state index in [2.05, 4.69) is 32.5 Å². The Hall–Kier alpha value is -5.46. The highest BCUT2D eigenvalue weighted by molar-refractivity contribution is 6.31. The van der Waals surface area contributed by atoms with E-state index < -0.39 is 5.91 Å². The van der Waals surface area contributed by atoms with Crippen molar-refractivity contribution in [3.63, 3.8) is 0 Å². The Kier molecular flexibility index (Phi) is 10.6. The van der Waals surface area contributed by atoms with E-state index in [0.717, 1.165) is 6.08 Å². The number of hydrogen-bond acceptors (Lipinski definition) is 9. The van der Waals surface area contributed by atoms with Gasteiger partial charge in [0.15, 0.2) is 0 Å². The molecule has 0 saturated carbocycles. The predicted molar refractivity (Wildman–Crippen MR) is 160 cm³/mol. The largest absolute Gasteiger partial charge is 0.494 e. The standard InChI is InChI=1S/C30H27ClN6O6/c1-2-26(38)34-22-5-3-6-24(17-22)43-29-25(31)18-33-30(36-29)35-21-11-7-19(8-12-21)27(39)32-15-4-16-42-23-13-9-20(10-14-23)28(40)37-41/h2-3,5-14,17-18,41H,1,4,15-16H2,(H,32,39)(H,34,38)(H,37,40)(H,33,35,36). The highest BCUT2D eigenvalue weighted by atomic mass is 35.5. The molecule has 4 aromatic rings. The molecule has 0 aliphatic carbocycles. The van der Waals surface area contributed by atoms with E-state index in [1.165, 1.54) is 18.3 Å². The van der Waals surface area contributed by atoms with Crippen LogP contribution in [0.3, 0.4) is 0 Å². The molecule has 1 heterocycles. The molecule has 5 N–H and O–H groups in total. The van der Waals surface area contributed by atoms with E-state index >= 15 is 0 Å². The van der Waals surface area contributed by atoms with Gasteiger partial charge < -0.3 is 25.4 Å². The van der Waals surface area contributed by atoms with Crippen molar-refractivity contribution in [2.45, 2.75) is 6.42 Å². The number of nitrogens with zero attached hydrogens (tertiary/aromatic N) is 2. The molecule has 1 aromatic heterocycles. The van der Waals surface area contributed by atoms with Crippen molar-refractivity contribution in [3.05, 3.63) is 108 Å². The zero-order chi connectivity index (χ0) is 30.6. The second-order valence-electron chi connectivity index (χ2n) is 8.80. The van der Waals surface area contributed by atoms with Gasteiger partial charge >= 0.3 is 0 Å². The van der Waals surface area contributed by atoms with Gasteiger partial charge in [-0.2, -0.15) is 4.98 Å². The van der Waals surface area contributed by atoms with Gasteiger partial charge in [0.1, 0.15) is 16.5 Å². The van der Waals surface area contributed by atoms with E-state index in [-0.39, 0.29) is 28.7 Å². The number of ether oxygens (including phenoxy) is 2. The molecule has 0 saturated heterocycles. The van der Waals surface area contributed by atoms with Crippen molar-refractivity contribution in [2.24, 2.45) is 0 Å². The average Bonchev–Trinajstić information content (AvgIpc) is 3.02. The molecule has 0 fully saturated rings. The van der Waals surface area contributed by atoms with Gasteiger partial charge in [0, 0.05) is 35.1 Å². The van der Waals surface area contributed by atoms with E-state index in [1.807, 2.05) is 0 Å². The third-order valence-corrected chi connectivity index (χ3v) is 5.97. The molecule has 0 aliphatic heterocycles. The summed E-state index contributed by atoms with van der Waals surface area (Å²) >= 11 is 6.23. The maximum absolute atomic E-state index is 12.5. The number of hydrogen-bond donors (Lipinski definition) is 5. The van der Waals surface area contributed by atoms with E-state index in [1.54, 1.807) is 66.1 Å². The molecule has 0 aliphatic rings. The van der Waals surface area contributed by atoms with Crippen molar-refractivity contribution in [2.75, 3.05) is 23.8 Å². The van der Waals surface area contributed by atoms with Crippen molar-refractivity contribution in [1.29, 1.82) is 0 Å². The van der Waals surface area contributed by atoms with Crippen LogP contribution in [0.5, 0.6) is 17.4 Å². The van der Waals surface area contributed by atoms with Crippen LogP contribution in [-0.2, 0) is 4.79 Å². The normalized spacial score (nSPS) is 10.3. The Morgan fingerprint density at radius 2 is 1.65 bits per heavy atom. The van der Waals surface area contributed by atoms with Crippen LogP contribution in [-0.4, -0.2) is 46.0 Å². The maximum Gasteiger partial charge on any atom is 0.274 e. The van der Waals surface area contributed by atoms with Gasteiger partial charge in [-0.1, -0.05) is 24.2 Å². The summed E-state index contributed by atoms with van der Waals surface area (Å²) in [7, 11) is 0. The molecular weight excluding hydrogens is 576 g/mol. The minimum atomic E-state index is -0.605. The molecule has 220 valence electrons. The van der Waals surface area contributed by atoms with Gasteiger partial charge in [0.25, 0.3) is 11.8 Å². The van der Waals surface area contributed by atoms with E-state index in [9.17, 15) is 14.4 Å². The third kappa shape index (κ3) is 9.01. The van der Waals surface area contributed by atoms with Crippen molar-refractivity contribution >= 4 is 46.6 Å². The fourth-order valence-corrected chi connectivity index (χ4v) is 3.72. The number of carbonyl (C=O) groups is 3. The van der Waals surface area contributed by atoms with E-state index in [0.29, 0.717) is 53.6 Å². The number of anilines is 3. The fourth-order valence-electron chi connectivity index (χ4n) is 3.59. The van der Waals surface area contributed by atoms with Crippen LogP contribution < -0.4 is 30.9 Å². The topological polar surface area (TPSA) is 164 Å². The highest BCUT2D eigenvalue weighted by Gasteiger charge is 2.11. The van der Waals surface area contributed by atoms with Gasteiger partial charge in [-0.3, -0.25) is 19.6 Å². The summed E-state index contributed by atoms with van der Waals surface area (Å²) in [5.74, 6) is 0.101. The summed E-state index contributed by atoms with van der Waals surface area (Å²) in [4.78, 5) is 43.9. The summed E-state index contributed by atoms with van der Waals surface area (Å²) in [5, 5.41) is 17.4. The monoisotopic (exact) mass is 602 g/mol. The van der Waals surface area contributed by atoms with Gasteiger partial charge in [-0.15, -0.1) is 0 Å². The Balaban J connectivity index is 1.25. The lowest BCUT2D eigenvalue weighted by molar-refractivity contribution is -0.111. The molecule has 3 aromatic carbocycles. The highest BCUT2D eigenvalue weighted by Crippen LogP contribution is 2.29. The molecule has 3 amide bonds. The second kappa shape index (κ2) is 15.0. The van der Waals surface area contributed by atoms with E-state index in [4.69, 9.17) is 26.3 Å². The number of halogens is 1. The number of rotatable bonds is 13. The van der Waals surface area contributed by atoms with Crippen LogP contribution in [0.15, 0.2) is 91.6 Å². The molecule has 12 nitrogen and oxygen atoms in total. The number of benzene rings is 3. The van der Waals surface area contributed by atoms with Crippen LogP contribution in [0.25, 0.3) is 0 Å². The van der Waals surface area contributed by atoms with Crippen LogP contribution in [0.4, 0.5) is 17.3 Å². The Labute approximate surface area is 251 Å². The van der Waals surface area contributed by atoms with Crippen LogP contribution in [0.1, 0.15) is 27.1 Å². The average molecular weight is 603 g/mol. The predicted octanol–water partition coefficient (Wildman–Crippen LogP) is 5.11. The summed E-state index contributed by atoms with van der Waals surface area (Å²) in [6.45, 7) is 4.19. The molecule has 13 heteroatoms. The van der Waals surface area contributed by atoms with Gasteiger partial charge in [-0.05, 0) is 73.2 Å². The summed E-state index contributed by atoms with van der Waals surface area (Å²) in [5.41, 5.74) is 3.49. The zero-order valence-electron chi connectivity index (χ0n) is 22.7. The molecule has 0 unspecified atom stereocenters. The molecule has 0 atom stereocenters. The number of nitrogens with one attached hydrogen (secondary N) is 4. The summed E-state index contributed by atoms with van der Waals surface area (Å²) < 4.78 is 11.4. The maximum atomic E-state index is 12.5. The number of aromatic nitrogens is 2. The lowest BCUT2D eigenvalue weighted by Crippen LogP contribution is -2.25. The molecular formula is C30H27ClN6O6. The quantitative estimate of drug-likeness (QED) is 0.0605. The van der Waals surface area contributed by atoms with Crippen LogP contribution in [0, 0.1) is 0 Å². The minimum absolute atomic E-state index is 0.109. The lowest BCUT2D eigenvalue weighted by Gasteiger charge is -2.11. The Morgan fingerprint density at radius 1 is 0.930 bits per heavy atom. The van der Waals surface area contributed by atoms with Gasteiger partial charge in [-0.25, -0.2) is 10.5 Å². The minimum Gasteiger partial charge on any atom is -0.494 e. The first-order valence-corrected chi connectivity index (χ1v) is 13.3. The third-order valence-electron chi connectivity index (χ3n) is 5.71. The Morgan fingerprint density at radius 3 is 2.37 bits per heavy atom. The molecule has 4 rings (SSSR count). The first-order valence-electron chi connectivity index (χ1n) is 12.9. The number of carbonyl (C=O) groups excluding carboxylic acids is 3. The zero-order valence-corrected chi connectivity index (χ0v) is 23.4. The van der Waals surface area contributed by atoms with Crippen molar-refractivity contribution < 1.29 is 29.1 Å². The molecule has 0 radical (unpaired) electrons. The van der Waals surface area contributed by atoms with Crippen molar-refractivity contribution in [3.8, 4) is 17.4 Å². The smallest absolute Gasteiger partial charge is 0.274 e. The Bertz CT molecular complexity index is 1600.